The van der Waals surface area contributed by atoms with Gasteiger partial charge in [-0.15, -0.1) is 11.3 Å². The third-order valence-corrected chi connectivity index (χ3v) is 5.23. The largest absolute Gasteiger partial charge is 0.495 e. The highest BCUT2D eigenvalue weighted by atomic mass is 32.1. The fourth-order valence-corrected chi connectivity index (χ4v) is 3.87. The van der Waals surface area contributed by atoms with E-state index in [1.807, 2.05) is 16.3 Å². The molecular formula is C14H18N2O3S. The molecule has 2 aliphatic heterocycles. The number of amides is 2. The molecule has 0 aliphatic carbocycles. The number of likely N-dealkylation sites (tertiary alicyclic amines) is 1. The van der Waals surface area contributed by atoms with Crippen LogP contribution < -0.4 is 10.1 Å². The Hall–Kier alpha value is -1.56. The van der Waals surface area contributed by atoms with Gasteiger partial charge in [0.25, 0.3) is 5.91 Å². The van der Waals surface area contributed by atoms with E-state index in [0.29, 0.717) is 17.0 Å². The number of hydrogen-bond acceptors (Lipinski definition) is 4. The monoisotopic (exact) mass is 294 g/mol. The summed E-state index contributed by atoms with van der Waals surface area (Å²) in [6, 6.07) is 1.82. The molecule has 108 valence electrons. The first-order valence-electron chi connectivity index (χ1n) is 6.81. The third kappa shape index (κ3) is 2.28. The number of carbonyl (C=O) groups excluding carboxylic acids is 2. The summed E-state index contributed by atoms with van der Waals surface area (Å²) in [7, 11) is 1.58. The average molecular weight is 294 g/mol. The molecular weight excluding hydrogens is 276 g/mol. The molecule has 2 fully saturated rings. The zero-order valence-electron chi connectivity index (χ0n) is 11.5. The molecule has 1 spiro atoms. The van der Waals surface area contributed by atoms with Crippen molar-refractivity contribution in [2.24, 2.45) is 5.41 Å². The normalized spacial score (nSPS) is 21.1. The third-order valence-electron chi connectivity index (χ3n) is 4.35. The summed E-state index contributed by atoms with van der Waals surface area (Å²) < 4.78 is 5.21. The van der Waals surface area contributed by atoms with E-state index >= 15 is 0 Å². The molecule has 2 saturated heterocycles. The topological polar surface area (TPSA) is 58.6 Å². The summed E-state index contributed by atoms with van der Waals surface area (Å²) in [5.41, 5.74) is 0.0768. The van der Waals surface area contributed by atoms with Crippen molar-refractivity contribution in [3.8, 4) is 5.75 Å². The van der Waals surface area contributed by atoms with E-state index in [4.69, 9.17) is 4.74 Å². The Bertz CT molecular complexity index is 532. The van der Waals surface area contributed by atoms with Gasteiger partial charge in [0.05, 0.1) is 7.11 Å². The van der Waals surface area contributed by atoms with Crippen LogP contribution in [0, 0.1) is 5.41 Å². The van der Waals surface area contributed by atoms with Gasteiger partial charge < -0.3 is 15.0 Å². The second kappa shape index (κ2) is 5.09. The highest BCUT2D eigenvalue weighted by Crippen LogP contribution is 2.38. The van der Waals surface area contributed by atoms with E-state index in [1.54, 1.807) is 7.11 Å². The lowest BCUT2D eigenvalue weighted by Gasteiger charge is -2.38. The van der Waals surface area contributed by atoms with Crippen LogP contribution in [0.2, 0.25) is 0 Å². The standard InChI is InChI=1S/C14H18N2O3S/c1-19-10-2-7-20-12(10)13(18)16-5-3-14(4-6-16)8-11(17)15-9-14/h2,7H,3-6,8-9H2,1H3,(H,15,17). The van der Waals surface area contributed by atoms with Crippen molar-refractivity contribution < 1.29 is 14.3 Å². The van der Waals surface area contributed by atoms with Crippen molar-refractivity contribution in [1.29, 1.82) is 0 Å². The highest BCUT2D eigenvalue weighted by molar-refractivity contribution is 7.12. The number of ether oxygens (including phenoxy) is 1. The van der Waals surface area contributed by atoms with Crippen LogP contribution in [0.15, 0.2) is 11.4 Å². The highest BCUT2D eigenvalue weighted by Gasteiger charge is 2.42. The molecule has 2 amide bonds. The van der Waals surface area contributed by atoms with E-state index in [2.05, 4.69) is 5.32 Å². The van der Waals surface area contributed by atoms with Crippen molar-refractivity contribution in [3.63, 3.8) is 0 Å². The van der Waals surface area contributed by atoms with Gasteiger partial charge in [0.1, 0.15) is 10.6 Å². The second-order valence-corrected chi connectivity index (χ2v) is 6.48. The SMILES string of the molecule is COc1ccsc1C(=O)N1CCC2(CC1)CNC(=O)C2. The number of nitrogens with one attached hydrogen (secondary N) is 1. The molecule has 1 aromatic heterocycles. The maximum atomic E-state index is 12.5. The summed E-state index contributed by atoms with van der Waals surface area (Å²) in [6.45, 7) is 2.19. The lowest BCUT2D eigenvalue weighted by atomic mass is 9.77. The van der Waals surface area contributed by atoms with Crippen molar-refractivity contribution in [1.82, 2.24) is 10.2 Å². The minimum Gasteiger partial charge on any atom is -0.495 e. The lowest BCUT2D eigenvalue weighted by molar-refractivity contribution is -0.119. The van der Waals surface area contributed by atoms with E-state index in [1.165, 1.54) is 11.3 Å². The van der Waals surface area contributed by atoms with Gasteiger partial charge in [-0.2, -0.15) is 0 Å². The van der Waals surface area contributed by atoms with Gasteiger partial charge in [0.15, 0.2) is 0 Å². The molecule has 0 atom stereocenters. The predicted molar refractivity (Wildman–Crippen MR) is 76.1 cm³/mol. The number of carbonyl (C=O) groups is 2. The van der Waals surface area contributed by atoms with Crippen molar-refractivity contribution in [3.05, 3.63) is 16.3 Å². The molecule has 0 unspecified atom stereocenters. The molecule has 20 heavy (non-hydrogen) atoms. The van der Waals surface area contributed by atoms with Crippen LogP contribution >= 0.6 is 11.3 Å². The number of nitrogens with zero attached hydrogens (tertiary/aromatic N) is 1. The Morgan fingerprint density at radius 3 is 2.80 bits per heavy atom. The molecule has 1 N–H and O–H groups in total. The quantitative estimate of drug-likeness (QED) is 0.899. The summed E-state index contributed by atoms with van der Waals surface area (Å²) in [5, 5.41) is 4.78. The Balaban J connectivity index is 1.66. The summed E-state index contributed by atoms with van der Waals surface area (Å²) in [6.07, 6.45) is 2.40. The average Bonchev–Trinajstić information content (AvgIpc) is 3.06. The Labute approximate surface area is 121 Å². The Morgan fingerprint density at radius 1 is 1.45 bits per heavy atom. The Kier molecular flexibility index (Phi) is 3.41. The van der Waals surface area contributed by atoms with Gasteiger partial charge in [-0.25, -0.2) is 0 Å². The van der Waals surface area contributed by atoms with Crippen LogP contribution in [0.4, 0.5) is 0 Å². The maximum absolute atomic E-state index is 12.5. The van der Waals surface area contributed by atoms with Crippen LogP contribution in [0.3, 0.4) is 0 Å². The number of piperidine rings is 1. The summed E-state index contributed by atoms with van der Waals surface area (Å²) in [5.74, 6) is 0.840. The predicted octanol–water partition coefficient (Wildman–Crippen LogP) is 1.50. The van der Waals surface area contributed by atoms with Crippen LogP contribution in [-0.4, -0.2) is 43.5 Å². The number of rotatable bonds is 2. The van der Waals surface area contributed by atoms with Gasteiger partial charge in [0.2, 0.25) is 5.91 Å². The van der Waals surface area contributed by atoms with E-state index in [9.17, 15) is 9.59 Å². The van der Waals surface area contributed by atoms with Gasteiger partial charge in [-0.1, -0.05) is 0 Å². The molecule has 6 heteroatoms. The molecule has 3 heterocycles. The van der Waals surface area contributed by atoms with E-state index < -0.39 is 0 Å². The molecule has 0 saturated carbocycles. The number of hydrogen-bond donors (Lipinski definition) is 1. The maximum Gasteiger partial charge on any atom is 0.267 e. The first-order valence-corrected chi connectivity index (χ1v) is 7.69. The molecule has 5 nitrogen and oxygen atoms in total. The second-order valence-electron chi connectivity index (χ2n) is 5.56. The van der Waals surface area contributed by atoms with Crippen LogP contribution in [0.25, 0.3) is 0 Å². The molecule has 1 aromatic rings. The van der Waals surface area contributed by atoms with Crippen molar-refractivity contribution in [2.75, 3.05) is 26.7 Å². The molecule has 0 bridgehead atoms. The van der Waals surface area contributed by atoms with Crippen LogP contribution in [0.1, 0.15) is 28.9 Å². The zero-order chi connectivity index (χ0) is 14.2. The summed E-state index contributed by atoms with van der Waals surface area (Å²) in [4.78, 5) is 26.4. The smallest absolute Gasteiger partial charge is 0.267 e. The molecule has 0 radical (unpaired) electrons. The van der Waals surface area contributed by atoms with Crippen LogP contribution in [-0.2, 0) is 4.79 Å². The van der Waals surface area contributed by atoms with Crippen molar-refractivity contribution >= 4 is 23.2 Å². The molecule has 3 rings (SSSR count). The minimum atomic E-state index is 0.0454. The summed E-state index contributed by atoms with van der Waals surface area (Å²) >= 11 is 1.42. The first kappa shape index (κ1) is 13.4. The van der Waals surface area contributed by atoms with Crippen molar-refractivity contribution in [2.45, 2.75) is 19.3 Å². The number of methoxy groups -OCH3 is 1. The Morgan fingerprint density at radius 2 is 2.20 bits per heavy atom. The van der Waals surface area contributed by atoms with Gasteiger partial charge in [-0.3, -0.25) is 9.59 Å². The molecule has 2 aliphatic rings. The fraction of sp³-hybridized carbons (Fsp3) is 0.571. The minimum absolute atomic E-state index is 0.0454. The van der Waals surface area contributed by atoms with E-state index in [0.717, 1.165) is 32.5 Å². The fourth-order valence-electron chi connectivity index (χ4n) is 3.05. The zero-order valence-corrected chi connectivity index (χ0v) is 12.3. The first-order chi connectivity index (χ1) is 9.63. The van der Waals surface area contributed by atoms with Gasteiger partial charge in [0, 0.05) is 26.1 Å². The van der Waals surface area contributed by atoms with E-state index in [-0.39, 0.29) is 17.2 Å². The van der Waals surface area contributed by atoms with Gasteiger partial charge in [-0.05, 0) is 29.7 Å². The van der Waals surface area contributed by atoms with Crippen LogP contribution in [0.5, 0.6) is 5.75 Å². The number of thiophene rings is 1. The molecule has 0 aromatic carbocycles. The van der Waals surface area contributed by atoms with Gasteiger partial charge >= 0.3 is 0 Å². The lowest BCUT2D eigenvalue weighted by Crippen LogP contribution is -2.43.